The van der Waals surface area contributed by atoms with Crippen LogP contribution in [0, 0.1) is 11.8 Å². The molecule has 1 aliphatic rings. The van der Waals surface area contributed by atoms with E-state index >= 15 is 0 Å². The monoisotopic (exact) mass is 286 g/mol. The van der Waals surface area contributed by atoms with E-state index in [4.69, 9.17) is 5.11 Å². The van der Waals surface area contributed by atoms with Gasteiger partial charge in [-0.05, 0) is 32.1 Å². The number of carbonyl (C=O) groups excluding carboxylic acids is 1. The fourth-order valence-electron chi connectivity index (χ4n) is 2.41. The Bertz CT molecular complexity index is 545. The Balaban J connectivity index is 2.17. The average Bonchev–Trinajstić information content (AvgIpc) is 2.72. The van der Waals surface area contributed by atoms with Crippen LogP contribution in [0.25, 0.3) is 0 Å². The molecule has 2 rings (SSSR count). The molecule has 1 aromatic rings. The summed E-state index contributed by atoms with van der Waals surface area (Å²) in [6, 6.07) is 7.45. The number of hydrogen-bond acceptors (Lipinski definition) is 3. The Morgan fingerprint density at radius 1 is 1.24 bits per heavy atom. The Morgan fingerprint density at radius 2 is 2.05 bits per heavy atom. The lowest BCUT2D eigenvalue weighted by Gasteiger charge is -2.21. The molecule has 1 amide bonds. The normalized spacial score (nSPS) is 16.0. The van der Waals surface area contributed by atoms with Crippen LogP contribution in [-0.4, -0.2) is 60.6 Å². The average molecular weight is 286 g/mol. The number of aliphatic hydroxyl groups is 1. The molecule has 4 nitrogen and oxygen atoms in total. The van der Waals surface area contributed by atoms with Crippen molar-refractivity contribution in [3.8, 4) is 11.8 Å². The van der Waals surface area contributed by atoms with Crippen LogP contribution in [0.4, 0.5) is 0 Å². The fourth-order valence-corrected chi connectivity index (χ4v) is 2.41. The van der Waals surface area contributed by atoms with Gasteiger partial charge in [-0.1, -0.05) is 24.0 Å². The van der Waals surface area contributed by atoms with Crippen molar-refractivity contribution in [2.75, 3.05) is 39.8 Å². The smallest absolute Gasteiger partial charge is 0.255 e. The second kappa shape index (κ2) is 7.82. The van der Waals surface area contributed by atoms with Crippen LogP contribution in [0.2, 0.25) is 0 Å². The van der Waals surface area contributed by atoms with Crippen molar-refractivity contribution in [3.63, 3.8) is 0 Å². The summed E-state index contributed by atoms with van der Waals surface area (Å²) < 4.78 is 0. The van der Waals surface area contributed by atoms with E-state index in [1.54, 1.807) is 0 Å². The van der Waals surface area contributed by atoms with Crippen molar-refractivity contribution in [2.24, 2.45) is 0 Å². The van der Waals surface area contributed by atoms with Crippen molar-refractivity contribution >= 4 is 5.91 Å². The van der Waals surface area contributed by atoms with Crippen LogP contribution < -0.4 is 0 Å². The molecule has 4 heteroatoms. The minimum atomic E-state index is 0.0432. The maximum absolute atomic E-state index is 12.7. The molecule has 21 heavy (non-hydrogen) atoms. The summed E-state index contributed by atoms with van der Waals surface area (Å²) in [6.07, 6.45) is 1.43. The number of carbonyl (C=O) groups is 1. The van der Waals surface area contributed by atoms with E-state index < -0.39 is 0 Å². The zero-order chi connectivity index (χ0) is 15.1. The minimum Gasteiger partial charge on any atom is -0.395 e. The molecule has 1 N–H and O–H groups in total. The molecule has 112 valence electrons. The lowest BCUT2D eigenvalue weighted by atomic mass is 10.1. The van der Waals surface area contributed by atoms with Gasteiger partial charge in [-0.25, -0.2) is 0 Å². The van der Waals surface area contributed by atoms with Crippen molar-refractivity contribution in [3.05, 3.63) is 35.4 Å². The number of likely N-dealkylation sites (N-methyl/N-ethyl adjacent to an activating group) is 1. The second-order valence-electron chi connectivity index (χ2n) is 5.27. The lowest BCUT2D eigenvalue weighted by Crippen LogP contribution is -2.34. The largest absolute Gasteiger partial charge is 0.395 e. The van der Waals surface area contributed by atoms with E-state index in [2.05, 4.69) is 23.8 Å². The van der Waals surface area contributed by atoms with Gasteiger partial charge in [-0.3, -0.25) is 4.79 Å². The Kier molecular flexibility index (Phi) is 5.79. The highest BCUT2D eigenvalue weighted by Gasteiger charge is 2.20. The first-order chi connectivity index (χ1) is 10.2. The van der Waals surface area contributed by atoms with Gasteiger partial charge in [0.15, 0.2) is 0 Å². The minimum absolute atomic E-state index is 0.0432. The number of hydrogen-bond donors (Lipinski definition) is 1. The van der Waals surface area contributed by atoms with Gasteiger partial charge in [-0.15, -0.1) is 0 Å². The van der Waals surface area contributed by atoms with Crippen molar-refractivity contribution in [1.29, 1.82) is 0 Å². The first-order valence-electron chi connectivity index (χ1n) is 7.39. The molecule has 0 unspecified atom stereocenters. The van der Waals surface area contributed by atoms with E-state index in [0.717, 1.165) is 38.2 Å². The molecule has 0 saturated carbocycles. The third-order valence-electron chi connectivity index (χ3n) is 3.62. The zero-order valence-electron chi connectivity index (χ0n) is 12.5. The Hall–Kier alpha value is -1.83. The summed E-state index contributed by atoms with van der Waals surface area (Å²) in [5.41, 5.74) is 1.40. The lowest BCUT2D eigenvalue weighted by molar-refractivity contribution is 0.0762. The number of nitrogens with zero attached hydrogens (tertiary/aromatic N) is 2. The first-order valence-corrected chi connectivity index (χ1v) is 7.39. The maximum Gasteiger partial charge on any atom is 0.255 e. The molecule has 1 aromatic carbocycles. The third kappa shape index (κ3) is 4.32. The van der Waals surface area contributed by atoms with Crippen LogP contribution in [0.1, 0.15) is 28.8 Å². The summed E-state index contributed by atoms with van der Waals surface area (Å²) >= 11 is 0. The molecule has 0 radical (unpaired) electrons. The van der Waals surface area contributed by atoms with Crippen molar-refractivity contribution in [1.82, 2.24) is 9.80 Å². The van der Waals surface area contributed by atoms with Gasteiger partial charge in [0.05, 0.1) is 12.2 Å². The molecule has 1 heterocycles. The number of benzene rings is 1. The fraction of sp³-hybridized carbons (Fsp3) is 0.471. The summed E-state index contributed by atoms with van der Waals surface area (Å²) in [6.45, 7) is 3.53. The summed E-state index contributed by atoms with van der Waals surface area (Å²) in [5, 5.41) is 8.80. The van der Waals surface area contributed by atoms with Crippen molar-refractivity contribution < 1.29 is 9.90 Å². The van der Waals surface area contributed by atoms with Crippen LogP contribution in [-0.2, 0) is 0 Å². The van der Waals surface area contributed by atoms with E-state index in [1.807, 2.05) is 29.2 Å². The van der Waals surface area contributed by atoms with Crippen LogP contribution >= 0.6 is 0 Å². The molecule has 0 spiro atoms. The Morgan fingerprint density at radius 3 is 2.86 bits per heavy atom. The van der Waals surface area contributed by atoms with Crippen LogP contribution in [0.5, 0.6) is 0 Å². The summed E-state index contributed by atoms with van der Waals surface area (Å²) in [4.78, 5) is 16.9. The van der Waals surface area contributed by atoms with Gasteiger partial charge >= 0.3 is 0 Å². The van der Waals surface area contributed by atoms with Gasteiger partial charge < -0.3 is 14.9 Å². The van der Waals surface area contributed by atoms with Crippen molar-refractivity contribution in [2.45, 2.75) is 12.8 Å². The molecule has 0 aromatic heterocycles. The number of rotatable bonds is 2. The maximum atomic E-state index is 12.7. The number of aliphatic hydroxyl groups excluding tert-OH is 1. The van der Waals surface area contributed by atoms with Gasteiger partial charge in [-0.2, -0.15) is 0 Å². The van der Waals surface area contributed by atoms with Crippen LogP contribution in [0.15, 0.2) is 24.3 Å². The third-order valence-corrected chi connectivity index (χ3v) is 3.62. The second-order valence-corrected chi connectivity index (χ2v) is 5.27. The molecular formula is C17H22N2O2. The molecule has 0 atom stereocenters. The van der Waals surface area contributed by atoms with Gasteiger partial charge in [0, 0.05) is 31.6 Å². The SMILES string of the molecule is CN1CCCN(C(=O)c2ccccc2C#CCCO)CC1. The molecule has 0 aliphatic carbocycles. The predicted molar refractivity (Wildman–Crippen MR) is 83.0 cm³/mol. The molecule has 1 aliphatic heterocycles. The molecular weight excluding hydrogens is 264 g/mol. The highest BCUT2D eigenvalue weighted by Crippen LogP contribution is 2.13. The molecule has 1 saturated heterocycles. The topological polar surface area (TPSA) is 43.8 Å². The standard InChI is InChI=1S/C17H22N2O2/c1-18-10-6-11-19(13-12-18)17(21)16-9-3-2-7-15(16)8-4-5-14-20/h2-3,7,9,20H,5-6,10-14H2,1H3. The molecule has 1 fully saturated rings. The molecule has 0 bridgehead atoms. The van der Waals surface area contributed by atoms with Gasteiger partial charge in [0.25, 0.3) is 5.91 Å². The summed E-state index contributed by atoms with van der Waals surface area (Å²) in [5.74, 6) is 5.94. The highest BCUT2D eigenvalue weighted by atomic mass is 16.2. The quantitative estimate of drug-likeness (QED) is 0.831. The van der Waals surface area contributed by atoms with E-state index in [1.165, 1.54) is 0 Å². The number of amides is 1. The van der Waals surface area contributed by atoms with Crippen LogP contribution in [0.3, 0.4) is 0 Å². The first kappa shape index (κ1) is 15.6. The highest BCUT2D eigenvalue weighted by molar-refractivity contribution is 5.96. The van der Waals surface area contributed by atoms with E-state index in [9.17, 15) is 4.79 Å². The summed E-state index contributed by atoms with van der Waals surface area (Å²) in [7, 11) is 2.09. The zero-order valence-corrected chi connectivity index (χ0v) is 12.5. The van der Waals surface area contributed by atoms with E-state index in [-0.39, 0.29) is 12.5 Å². The Labute approximate surface area is 126 Å². The van der Waals surface area contributed by atoms with E-state index in [0.29, 0.717) is 12.0 Å². The van der Waals surface area contributed by atoms with Gasteiger partial charge in [0.1, 0.15) is 0 Å². The predicted octanol–water partition coefficient (Wildman–Crippen LogP) is 1.20. The van der Waals surface area contributed by atoms with Gasteiger partial charge in [0.2, 0.25) is 0 Å².